The summed E-state index contributed by atoms with van der Waals surface area (Å²) >= 11 is 0. The van der Waals surface area contributed by atoms with Crippen LogP contribution in [-0.4, -0.2) is 25.1 Å². The largest absolute Gasteiger partial charge is 0.496 e. The van der Waals surface area contributed by atoms with Crippen LogP contribution in [0.1, 0.15) is 22.8 Å². The third kappa shape index (κ3) is 4.32. The van der Waals surface area contributed by atoms with Crippen molar-refractivity contribution in [3.63, 3.8) is 0 Å². The molecule has 5 nitrogen and oxygen atoms in total. The van der Waals surface area contributed by atoms with E-state index in [1.165, 1.54) is 20.1 Å². The number of nitrogens with one attached hydrogen (secondary N) is 1. The molecule has 0 heterocycles. The molecule has 0 bridgehead atoms. The molecule has 0 fully saturated rings. The van der Waals surface area contributed by atoms with E-state index in [1.54, 1.807) is 25.1 Å². The Hall–Kier alpha value is -2.96. The highest BCUT2D eigenvalue weighted by Crippen LogP contribution is 2.22. The number of ether oxygens (including phenoxy) is 2. The zero-order valence-corrected chi connectivity index (χ0v) is 13.9. The van der Waals surface area contributed by atoms with Crippen LogP contribution in [0.3, 0.4) is 0 Å². The number of halogens is 2. The quantitative estimate of drug-likeness (QED) is 0.840. The molecule has 0 unspecified atom stereocenters. The van der Waals surface area contributed by atoms with Crippen LogP contribution in [0.15, 0.2) is 36.4 Å². The molecule has 0 aliphatic heterocycles. The Morgan fingerprint density at radius 2 is 1.76 bits per heavy atom. The fourth-order valence-corrected chi connectivity index (χ4v) is 2.10. The number of benzene rings is 2. The lowest BCUT2D eigenvalue weighted by Gasteiger charge is -2.15. The Morgan fingerprint density at radius 1 is 1.12 bits per heavy atom. The van der Waals surface area contributed by atoms with Crippen LogP contribution >= 0.6 is 0 Å². The van der Waals surface area contributed by atoms with Gasteiger partial charge in [-0.15, -0.1) is 0 Å². The van der Waals surface area contributed by atoms with E-state index in [4.69, 9.17) is 9.47 Å². The molecule has 1 atom stereocenters. The van der Waals surface area contributed by atoms with Gasteiger partial charge >= 0.3 is 5.97 Å². The molecular weight excluding hydrogens is 332 g/mol. The summed E-state index contributed by atoms with van der Waals surface area (Å²) in [6.45, 7) is 3.08. The molecule has 7 heteroatoms. The maximum Gasteiger partial charge on any atom is 0.342 e. The van der Waals surface area contributed by atoms with Gasteiger partial charge in [-0.3, -0.25) is 4.79 Å². The van der Waals surface area contributed by atoms with Gasteiger partial charge in [-0.1, -0.05) is 17.7 Å². The standard InChI is InChI=1S/C18H17F2NO4/c1-10-7-8-15(24-3)12(9-10)18(23)25-11(2)17(22)21-16-13(19)5-4-6-14(16)20/h4-9,11H,1-3H3,(H,21,22)/t11-/m0/s1. The molecule has 1 N–H and O–H groups in total. The lowest BCUT2D eigenvalue weighted by atomic mass is 10.1. The summed E-state index contributed by atoms with van der Waals surface area (Å²) in [5.74, 6) is -3.19. The predicted molar refractivity (Wildman–Crippen MR) is 87.6 cm³/mol. The van der Waals surface area contributed by atoms with E-state index in [0.29, 0.717) is 5.75 Å². The Labute approximate surface area is 143 Å². The summed E-state index contributed by atoms with van der Waals surface area (Å²) in [7, 11) is 1.40. The van der Waals surface area contributed by atoms with Gasteiger partial charge in [0, 0.05) is 0 Å². The fraction of sp³-hybridized carbons (Fsp3) is 0.222. The second-order valence-corrected chi connectivity index (χ2v) is 5.34. The smallest absolute Gasteiger partial charge is 0.342 e. The van der Waals surface area contributed by atoms with E-state index in [-0.39, 0.29) is 5.56 Å². The first-order valence-corrected chi connectivity index (χ1v) is 7.44. The van der Waals surface area contributed by atoms with Crippen LogP contribution in [0.25, 0.3) is 0 Å². The van der Waals surface area contributed by atoms with E-state index in [1.807, 2.05) is 0 Å². The fourth-order valence-electron chi connectivity index (χ4n) is 2.10. The number of anilines is 1. The summed E-state index contributed by atoms with van der Waals surface area (Å²) < 4.78 is 37.3. The molecule has 0 saturated heterocycles. The molecule has 0 aliphatic carbocycles. The second-order valence-electron chi connectivity index (χ2n) is 5.34. The number of hydrogen-bond acceptors (Lipinski definition) is 4. The first kappa shape index (κ1) is 18.4. The number of carbonyl (C=O) groups is 2. The number of aryl methyl sites for hydroxylation is 1. The number of rotatable bonds is 5. The number of para-hydroxylation sites is 1. The minimum absolute atomic E-state index is 0.152. The number of carbonyl (C=O) groups excluding carboxylic acids is 2. The SMILES string of the molecule is COc1ccc(C)cc1C(=O)O[C@@H](C)C(=O)Nc1c(F)cccc1F. The maximum atomic E-state index is 13.6. The highest BCUT2D eigenvalue weighted by molar-refractivity contribution is 5.98. The zero-order valence-electron chi connectivity index (χ0n) is 13.9. The van der Waals surface area contributed by atoms with Gasteiger partial charge in [-0.05, 0) is 38.1 Å². The van der Waals surface area contributed by atoms with Crippen LogP contribution in [0.4, 0.5) is 14.5 Å². The predicted octanol–water partition coefficient (Wildman–Crippen LogP) is 3.47. The molecule has 2 aromatic rings. The molecule has 1 amide bonds. The van der Waals surface area contributed by atoms with Gasteiger partial charge < -0.3 is 14.8 Å². The molecule has 0 aliphatic rings. The Bertz CT molecular complexity index is 787. The number of methoxy groups -OCH3 is 1. The van der Waals surface area contributed by atoms with Crippen LogP contribution in [-0.2, 0) is 9.53 Å². The minimum atomic E-state index is -1.27. The monoisotopic (exact) mass is 349 g/mol. The summed E-state index contributed by atoms with van der Waals surface area (Å²) in [6, 6.07) is 8.11. The Kier molecular flexibility index (Phi) is 5.69. The van der Waals surface area contributed by atoms with Crippen LogP contribution in [0, 0.1) is 18.6 Å². The molecule has 0 spiro atoms. The highest BCUT2D eigenvalue weighted by atomic mass is 19.1. The highest BCUT2D eigenvalue weighted by Gasteiger charge is 2.23. The first-order chi connectivity index (χ1) is 11.8. The molecule has 0 radical (unpaired) electrons. The third-order valence-electron chi connectivity index (χ3n) is 3.44. The average Bonchev–Trinajstić information content (AvgIpc) is 2.57. The molecule has 132 valence electrons. The normalized spacial score (nSPS) is 11.6. The number of hydrogen-bond donors (Lipinski definition) is 1. The van der Waals surface area contributed by atoms with Crippen molar-refractivity contribution in [1.82, 2.24) is 0 Å². The molecule has 2 aromatic carbocycles. The Morgan fingerprint density at radius 3 is 2.36 bits per heavy atom. The summed E-state index contributed by atoms with van der Waals surface area (Å²) in [5.41, 5.74) is 0.362. The summed E-state index contributed by atoms with van der Waals surface area (Å²) in [6.07, 6.45) is -1.27. The molecule has 2 rings (SSSR count). The number of esters is 1. The summed E-state index contributed by atoms with van der Waals surface area (Å²) in [4.78, 5) is 24.3. The van der Waals surface area contributed by atoms with Gasteiger partial charge in [0.2, 0.25) is 0 Å². The lowest BCUT2D eigenvalue weighted by molar-refractivity contribution is -0.123. The van der Waals surface area contributed by atoms with Gasteiger partial charge in [-0.2, -0.15) is 0 Å². The van der Waals surface area contributed by atoms with Crippen molar-refractivity contribution in [2.75, 3.05) is 12.4 Å². The molecule has 25 heavy (non-hydrogen) atoms. The van der Waals surface area contributed by atoms with Gasteiger partial charge in [0.1, 0.15) is 28.6 Å². The van der Waals surface area contributed by atoms with E-state index in [0.717, 1.165) is 17.7 Å². The van der Waals surface area contributed by atoms with Crippen molar-refractivity contribution in [2.45, 2.75) is 20.0 Å². The van der Waals surface area contributed by atoms with Gasteiger partial charge in [0.25, 0.3) is 5.91 Å². The van der Waals surface area contributed by atoms with Crippen LogP contribution in [0.5, 0.6) is 5.75 Å². The zero-order chi connectivity index (χ0) is 18.6. The number of amides is 1. The van der Waals surface area contributed by atoms with Crippen molar-refractivity contribution in [1.29, 1.82) is 0 Å². The van der Waals surface area contributed by atoms with Crippen molar-refractivity contribution >= 4 is 17.6 Å². The van der Waals surface area contributed by atoms with Gasteiger partial charge in [-0.25, -0.2) is 13.6 Å². The summed E-state index contributed by atoms with van der Waals surface area (Å²) in [5, 5.41) is 2.08. The van der Waals surface area contributed by atoms with Crippen LogP contribution in [0.2, 0.25) is 0 Å². The van der Waals surface area contributed by atoms with Crippen LogP contribution < -0.4 is 10.1 Å². The minimum Gasteiger partial charge on any atom is -0.496 e. The maximum absolute atomic E-state index is 13.6. The van der Waals surface area contributed by atoms with E-state index in [2.05, 4.69) is 5.32 Å². The van der Waals surface area contributed by atoms with Gasteiger partial charge in [0.05, 0.1) is 7.11 Å². The van der Waals surface area contributed by atoms with E-state index in [9.17, 15) is 18.4 Å². The van der Waals surface area contributed by atoms with E-state index >= 15 is 0 Å². The molecular formula is C18H17F2NO4. The van der Waals surface area contributed by atoms with Crippen molar-refractivity contribution in [3.05, 3.63) is 59.2 Å². The second kappa shape index (κ2) is 7.74. The average molecular weight is 349 g/mol. The Balaban J connectivity index is 2.11. The van der Waals surface area contributed by atoms with Crippen molar-refractivity contribution in [3.8, 4) is 5.75 Å². The lowest BCUT2D eigenvalue weighted by Crippen LogP contribution is -2.30. The third-order valence-corrected chi connectivity index (χ3v) is 3.44. The first-order valence-electron chi connectivity index (χ1n) is 7.44. The van der Waals surface area contributed by atoms with Gasteiger partial charge in [0.15, 0.2) is 6.10 Å². The topological polar surface area (TPSA) is 64.6 Å². The molecule has 0 aromatic heterocycles. The molecule has 0 saturated carbocycles. The van der Waals surface area contributed by atoms with Crippen molar-refractivity contribution in [2.24, 2.45) is 0 Å². The van der Waals surface area contributed by atoms with E-state index < -0.39 is 35.3 Å². The van der Waals surface area contributed by atoms with Crippen molar-refractivity contribution < 1.29 is 27.8 Å².